The Kier molecular flexibility index (Phi) is 4.80. The summed E-state index contributed by atoms with van der Waals surface area (Å²) in [7, 11) is 3.19. The van der Waals surface area contributed by atoms with E-state index < -0.39 is 0 Å². The summed E-state index contributed by atoms with van der Waals surface area (Å²) < 4.78 is 11.3. The summed E-state index contributed by atoms with van der Waals surface area (Å²) in [5.41, 5.74) is 1.06. The summed E-state index contributed by atoms with van der Waals surface area (Å²) in [5.74, 6) is 1.54. The summed E-state index contributed by atoms with van der Waals surface area (Å²) in [6.45, 7) is 1.59. The fourth-order valence-corrected chi connectivity index (χ4v) is 2.09. The molecule has 0 aliphatic rings. The molecule has 0 aliphatic heterocycles. The molecule has 3 nitrogen and oxygen atoms in total. The molecule has 1 rings (SSSR count). The van der Waals surface area contributed by atoms with Gasteiger partial charge in [-0.25, -0.2) is 0 Å². The average Bonchev–Trinajstić information content (AvgIpc) is 2.25. The van der Waals surface area contributed by atoms with Gasteiger partial charge in [0.1, 0.15) is 5.78 Å². The van der Waals surface area contributed by atoms with Gasteiger partial charge < -0.3 is 14.3 Å². The van der Waals surface area contributed by atoms with E-state index in [2.05, 4.69) is 15.9 Å². The van der Waals surface area contributed by atoms with Gasteiger partial charge >= 0.3 is 0 Å². The van der Waals surface area contributed by atoms with E-state index in [0.29, 0.717) is 24.3 Å². The van der Waals surface area contributed by atoms with Crippen molar-refractivity contribution in [3.8, 4) is 11.5 Å². The first kappa shape index (κ1) is 13.0. The van der Waals surface area contributed by atoms with Gasteiger partial charge in [0, 0.05) is 6.42 Å². The number of rotatable bonds is 5. The minimum absolute atomic E-state index is 0.186. The Morgan fingerprint density at radius 3 is 2.50 bits per heavy atom. The molecule has 0 amide bonds. The van der Waals surface area contributed by atoms with E-state index in [1.807, 2.05) is 12.1 Å². The largest absolute Gasteiger partial charge is 0.493 e. The molecule has 0 saturated carbocycles. The molecule has 16 heavy (non-hydrogen) atoms. The molecule has 0 heterocycles. The van der Waals surface area contributed by atoms with E-state index in [1.54, 1.807) is 21.1 Å². The van der Waals surface area contributed by atoms with Crippen molar-refractivity contribution in [2.45, 2.75) is 19.8 Å². The number of halogens is 1. The third-order valence-corrected chi connectivity index (χ3v) is 2.85. The maximum absolute atomic E-state index is 10.9. The molecule has 0 saturated heterocycles. The summed E-state index contributed by atoms with van der Waals surface area (Å²) in [6, 6.07) is 3.84. The van der Waals surface area contributed by atoms with Gasteiger partial charge in [-0.3, -0.25) is 0 Å². The Morgan fingerprint density at radius 2 is 2.00 bits per heavy atom. The van der Waals surface area contributed by atoms with E-state index in [4.69, 9.17) is 9.47 Å². The molecule has 0 radical (unpaired) electrons. The SMILES string of the molecule is COc1cc(CCC(C)=O)cc(Br)c1OC. The molecule has 0 aliphatic carbocycles. The van der Waals surface area contributed by atoms with Crippen LogP contribution in [0.4, 0.5) is 0 Å². The number of ether oxygens (including phenoxy) is 2. The number of carbonyl (C=O) groups excluding carboxylic acids is 1. The van der Waals surface area contributed by atoms with Crippen LogP contribution in [0.2, 0.25) is 0 Å². The van der Waals surface area contributed by atoms with Crippen molar-refractivity contribution in [3.63, 3.8) is 0 Å². The van der Waals surface area contributed by atoms with Gasteiger partial charge in [-0.15, -0.1) is 0 Å². The molecule has 88 valence electrons. The van der Waals surface area contributed by atoms with Crippen molar-refractivity contribution in [1.82, 2.24) is 0 Å². The van der Waals surface area contributed by atoms with Gasteiger partial charge in [-0.1, -0.05) is 0 Å². The van der Waals surface area contributed by atoms with Gasteiger partial charge in [0.15, 0.2) is 11.5 Å². The van der Waals surface area contributed by atoms with Crippen LogP contribution >= 0.6 is 15.9 Å². The first-order valence-electron chi connectivity index (χ1n) is 4.98. The lowest BCUT2D eigenvalue weighted by molar-refractivity contribution is -0.116. The highest BCUT2D eigenvalue weighted by atomic mass is 79.9. The zero-order chi connectivity index (χ0) is 12.1. The number of aryl methyl sites for hydroxylation is 1. The van der Waals surface area contributed by atoms with Crippen molar-refractivity contribution < 1.29 is 14.3 Å². The molecular formula is C12H15BrO3. The number of carbonyl (C=O) groups is 1. The zero-order valence-corrected chi connectivity index (χ0v) is 11.3. The molecule has 0 aromatic heterocycles. The average molecular weight is 287 g/mol. The van der Waals surface area contributed by atoms with Crippen LogP contribution in [0.3, 0.4) is 0 Å². The molecule has 0 atom stereocenters. The normalized spacial score (nSPS) is 10.0. The molecule has 4 heteroatoms. The molecule has 0 spiro atoms. The third kappa shape index (κ3) is 3.23. The van der Waals surface area contributed by atoms with Crippen LogP contribution in [0.5, 0.6) is 11.5 Å². The molecule has 0 unspecified atom stereocenters. The maximum atomic E-state index is 10.9. The predicted octanol–water partition coefficient (Wildman–Crippen LogP) is 2.99. The first-order valence-corrected chi connectivity index (χ1v) is 5.77. The highest BCUT2D eigenvalue weighted by Gasteiger charge is 2.10. The fraction of sp³-hybridized carbons (Fsp3) is 0.417. The minimum atomic E-state index is 0.186. The Hall–Kier alpha value is -1.03. The lowest BCUT2D eigenvalue weighted by atomic mass is 10.1. The van der Waals surface area contributed by atoms with Crippen LogP contribution in [-0.2, 0) is 11.2 Å². The van der Waals surface area contributed by atoms with Crippen molar-refractivity contribution in [3.05, 3.63) is 22.2 Å². The van der Waals surface area contributed by atoms with Gasteiger partial charge in [0.25, 0.3) is 0 Å². The van der Waals surface area contributed by atoms with Gasteiger partial charge in [-0.05, 0) is 47.0 Å². The highest BCUT2D eigenvalue weighted by molar-refractivity contribution is 9.10. The standard InChI is InChI=1S/C12H15BrO3/c1-8(14)4-5-9-6-10(13)12(16-3)11(7-9)15-2/h6-7H,4-5H2,1-3H3. The van der Waals surface area contributed by atoms with Gasteiger partial charge in [0.05, 0.1) is 18.7 Å². The number of benzene rings is 1. The Labute approximate surface area is 104 Å². The molecule has 0 N–H and O–H groups in total. The van der Waals surface area contributed by atoms with E-state index >= 15 is 0 Å². The van der Waals surface area contributed by atoms with Gasteiger partial charge in [-0.2, -0.15) is 0 Å². The van der Waals surface area contributed by atoms with Crippen LogP contribution in [0.15, 0.2) is 16.6 Å². The van der Waals surface area contributed by atoms with Crippen LogP contribution in [0, 0.1) is 0 Å². The zero-order valence-electron chi connectivity index (χ0n) is 9.67. The summed E-state index contributed by atoms with van der Waals surface area (Å²) in [5, 5.41) is 0. The summed E-state index contributed by atoms with van der Waals surface area (Å²) in [6.07, 6.45) is 1.26. The highest BCUT2D eigenvalue weighted by Crippen LogP contribution is 2.36. The minimum Gasteiger partial charge on any atom is -0.493 e. The lowest BCUT2D eigenvalue weighted by Gasteiger charge is -2.11. The Balaban J connectivity index is 2.96. The van der Waals surface area contributed by atoms with Crippen molar-refractivity contribution in [1.29, 1.82) is 0 Å². The number of Topliss-reactive ketones (excluding diaryl/α,β-unsaturated/α-hetero) is 1. The van der Waals surface area contributed by atoms with Crippen molar-refractivity contribution in [2.75, 3.05) is 14.2 Å². The van der Waals surface area contributed by atoms with Gasteiger partial charge in [0.2, 0.25) is 0 Å². The quantitative estimate of drug-likeness (QED) is 0.835. The molecule has 1 aromatic rings. The molecule has 0 bridgehead atoms. The van der Waals surface area contributed by atoms with Crippen LogP contribution in [-0.4, -0.2) is 20.0 Å². The molecule has 0 fully saturated rings. The van der Waals surface area contributed by atoms with E-state index in [-0.39, 0.29) is 5.78 Å². The van der Waals surface area contributed by atoms with Crippen molar-refractivity contribution >= 4 is 21.7 Å². The molecular weight excluding hydrogens is 272 g/mol. The van der Waals surface area contributed by atoms with E-state index in [0.717, 1.165) is 10.0 Å². The monoisotopic (exact) mass is 286 g/mol. The number of hydrogen-bond donors (Lipinski definition) is 0. The number of methoxy groups -OCH3 is 2. The van der Waals surface area contributed by atoms with Crippen molar-refractivity contribution in [2.24, 2.45) is 0 Å². The third-order valence-electron chi connectivity index (χ3n) is 2.26. The Bertz CT molecular complexity index is 388. The smallest absolute Gasteiger partial charge is 0.174 e. The van der Waals surface area contributed by atoms with Crippen LogP contribution < -0.4 is 9.47 Å². The Morgan fingerprint density at radius 1 is 1.31 bits per heavy atom. The fourth-order valence-electron chi connectivity index (χ4n) is 1.44. The second-order valence-electron chi connectivity index (χ2n) is 3.52. The molecule has 1 aromatic carbocycles. The second-order valence-corrected chi connectivity index (χ2v) is 4.37. The van der Waals surface area contributed by atoms with E-state index in [1.165, 1.54) is 0 Å². The summed E-state index contributed by atoms with van der Waals surface area (Å²) in [4.78, 5) is 10.9. The van der Waals surface area contributed by atoms with E-state index in [9.17, 15) is 4.79 Å². The first-order chi connectivity index (χ1) is 7.58. The number of hydrogen-bond acceptors (Lipinski definition) is 3. The predicted molar refractivity (Wildman–Crippen MR) is 66.2 cm³/mol. The lowest BCUT2D eigenvalue weighted by Crippen LogP contribution is -1.97. The maximum Gasteiger partial charge on any atom is 0.174 e. The number of ketones is 1. The topological polar surface area (TPSA) is 35.5 Å². The summed E-state index contributed by atoms with van der Waals surface area (Å²) >= 11 is 3.42. The second kappa shape index (κ2) is 5.89. The van der Waals surface area contributed by atoms with Crippen LogP contribution in [0.1, 0.15) is 18.9 Å². The van der Waals surface area contributed by atoms with Crippen LogP contribution in [0.25, 0.3) is 0 Å².